The van der Waals surface area contributed by atoms with Crippen LogP contribution in [0.4, 0.5) is 17.3 Å². The molecule has 1 aliphatic carbocycles. The highest BCUT2D eigenvalue weighted by Crippen LogP contribution is 2.43. The van der Waals surface area contributed by atoms with Crippen LogP contribution in [0.1, 0.15) is 33.6 Å². The smallest absolute Gasteiger partial charge is 0.259 e. The third kappa shape index (κ3) is 1.79. The highest BCUT2D eigenvalue weighted by atomic mass is 16.1. The highest BCUT2D eigenvalue weighted by Gasteiger charge is 2.38. The Morgan fingerprint density at radius 3 is 2.76 bits per heavy atom. The number of carbonyl (C=O) groups is 2. The topological polar surface area (TPSA) is 75.2 Å². The molecule has 104 valence electrons. The lowest BCUT2D eigenvalue weighted by Gasteiger charge is -2.23. The maximum atomic E-state index is 12.4. The Labute approximate surface area is 120 Å². The van der Waals surface area contributed by atoms with E-state index in [9.17, 15) is 9.59 Å². The standard InChI is InChI=1S/C15H12N4O2/c20-8-9-5-7-17-14-12(9)18-15(21)11-2-1-6-16-13(11)19(14)10-3-4-10/h1-2,5-8,10H,3-4H2,(H,18,21). The van der Waals surface area contributed by atoms with E-state index < -0.39 is 0 Å². The lowest BCUT2D eigenvalue weighted by molar-refractivity contribution is 0.102. The zero-order valence-electron chi connectivity index (χ0n) is 11.1. The van der Waals surface area contributed by atoms with Crippen molar-refractivity contribution >= 4 is 29.5 Å². The molecule has 0 bridgehead atoms. The minimum atomic E-state index is -0.265. The molecular weight excluding hydrogens is 268 g/mol. The van der Waals surface area contributed by atoms with E-state index >= 15 is 0 Å². The molecule has 2 aromatic rings. The van der Waals surface area contributed by atoms with Gasteiger partial charge in [-0.15, -0.1) is 0 Å². The second-order valence-corrected chi connectivity index (χ2v) is 5.15. The summed E-state index contributed by atoms with van der Waals surface area (Å²) in [7, 11) is 0. The van der Waals surface area contributed by atoms with Gasteiger partial charge in [0.2, 0.25) is 0 Å². The summed E-state index contributed by atoms with van der Waals surface area (Å²) in [6.45, 7) is 0. The quantitative estimate of drug-likeness (QED) is 0.853. The third-order valence-electron chi connectivity index (χ3n) is 3.73. The van der Waals surface area contributed by atoms with Gasteiger partial charge in [-0.1, -0.05) is 0 Å². The lowest BCUT2D eigenvalue weighted by atomic mass is 10.2. The molecular formula is C15H12N4O2. The van der Waals surface area contributed by atoms with E-state index in [1.165, 1.54) is 0 Å². The lowest BCUT2D eigenvalue weighted by Crippen LogP contribution is -2.22. The fraction of sp³-hybridized carbons (Fsp3) is 0.200. The first kappa shape index (κ1) is 12.0. The minimum Gasteiger partial charge on any atom is -0.318 e. The molecule has 0 saturated heterocycles. The number of nitrogens with zero attached hydrogens (tertiary/aromatic N) is 3. The summed E-state index contributed by atoms with van der Waals surface area (Å²) in [4.78, 5) is 34.4. The van der Waals surface area contributed by atoms with Crippen LogP contribution in [-0.2, 0) is 0 Å². The molecule has 1 N–H and O–H groups in total. The number of carbonyl (C=O) groups excluding carboxylic acids is 2. The van der Waals surface area contributed by atoms with Crippen LogP contribution in [-0.4, -0.2) is 28.2 Å². The number of fused-ring (bicyclic) bond motifs is 2. The highest BCUT2D eigenvalue weighted by molar-refractivity contribution is 6.13. The van der Waals surface area contributed by atoms with Gasteiger partial charge >= 0.3 is 0 Å². The number of anilines is 3. The van der Waals surface area contributed by atoms with Crippen molar-refractivity contribution in [1.82, 2.24) is 9.97 Å². The molecule has 0 spiro atoms. The molecule has 1 fully saturated rings. The molecule has 0 atom stereocenters. The van der Waals surface area contributed by atoms with Gasteiger partial charge in [-0.05, 0) is 31.0 Å². The first-order chi connectivity index (χ1) is 10.3. The molecule has 0 aromatic carbocycles. The van der Waals surface area contributed by atoms with E-state index in [1.54, 1.807) is 30.6 Å². The number of aldehydes is 1. The minimum absolute atomic E-state index is 0.265. The van der Waals surface area contributed by atoms with Crippen LogP contribution in [0.25, 0.3) is 0 Å². The summed E-state index contributed by atoms with van der Waals surface area (Å²) < 4.78 is 0. The molecule has 2 aliphatic rings. The van der Waals surface area contributed by atoms with Gasteiger partial charge in [0.15, 0.2) is 12.1 Å². The van der Waals surface area contributed by atoms with Crippen molar-refractivity contribution in [3.05, 3.63) is 41.7 Å². The van der Waals surface area contributed by atoms with Crippen molar-refractivity contribution in [3.8, 4) is 0 Å². The molecule has 3 heterocycles. The normalized spacial score (nSPS) is 16.6. The van der Waals surface area contributed by atoms with Gasteiger partial charge in [0, 0.05) is 24.0 Å². The monoisotopic (exact) mass is 280 g/mol. The number of rotatable bonds is 2. The molecule has 0 unspecified atom stereocenters. The predicted molar refractivity (Wildman–Crippen MR) is 77.0 cm³/mol. The van der Waals surface area contributed by atoms with Crippen LogP contribution >= 0.6 is 0 Å². The van der Waals surface area contributed by atoms with Crippen LogP contribution < -0.4 is 10.2 Å². The van der Waals surface area contributed by atoms with Crippen LogP contribution in [0.5, 0.6) is 0 Å². The molecule has 2 aromatic heterocycles. The van der Waals surface area contributed by atoms with Crippen LogP contribution in [0, 0.1) is 0 Å². The summed E-state index contributed by atoms with van der Waals surface area (Å²) in [6.07, 6.45) is 6.02. The zero-order chi connectivity index (χ0) is 14.4. The van der Waals surface area contributed by atoms with Crippen molar-refractivity contribution in [2.75, 3.05) is 10.2 Å². The molecule has 0 radical (unpaired) electrons. The first-order valence-corrected chi connectivity index (χ1v) is 6.79. The summed E-state index contributed by atoms with van der Waals surface area (Å²) >= 11 is 0. The SMILES string of the molecule is O=Cc1ccnc2c1NC(=O)c1cccnc1N2C1CC1. The maximum absolute atomic E-state index is 12.4. The van der Waals surface area contributed by atoms with Crippen LogP contribution in [0.3, 0.4) is 0 Å². The second-order valence-electron chi connectivity index (χ2n) is 5.15. The number of aromatic nitrogens is 2. The fourth-order valence-corrected chi connectivity index (χ4v) is 2.60. The fourth-order valence-electron chi connectivity index (χ4n) is 2.60. The van der Waals surface area contributed by atoms with Crippen LogP contribution in [0.2, 0.25) is 0 Å². The summed E-state index contributed by atoms with van der Waals surface area (Å²) in [5.74, 6) is 0.929. The Bertz CT molecular complexity index is 755. The summed E-state index contributed by atoms with van der Waals surface area (Å²) in [5, 5.41) is 2.80. The molecule has 1 saturated carbocycles. The molecule has 1 amide bonds. The van der Waals surface area contributed by atoms with E-state index in [0.29, 0.717) is 28.5 Å². The van der Waals surface area contributed by atoms with Crippen molar-refractivity contribution in [2.24, 2.45) is 0 Å². The molecule has 6 heteroatoms. The average molecular weight is 280 g/mol. The van der Waals surface area contributed by atoms with Gasteiger partial charge in [-0.3, -0.25) is 9.59 Å². The average Bonchev–Trinajstić information content (AvgIpc) is 3.34. The number of hydrogen-bond acceptors (Lipinski definition) is 5. The number of nitrogens with one attached hydrogen (secondary N) is 1. The Balaban J connectivity index is 2.00. The van der Waals surface area contributed by atoms with Crippen molar-refractivity contribution < 1.29 is 9.59 Å². The van der Waals surface area contributed by atoms with Crippen LogP contribution in [0.15, 0.2) is 30.6 Å². The van der Waals surface area contributed by atoms with Gasteiger partial charge in [0.1, 0.15) is 5.82 Å². The Kier molecular flexibility index (Phi) is 2.50. The van der Waals surface area contributed by atoms with Gasteiger partial charge in [0.05, 0.1) is 11.3 Å². The number of hydrogen-bond donors (Lipinski definition) is 1. The Morgan fingerprint density at radius 1 is 1.19 bits per heavy atom. The zero-order valence-corrected chi connectivity index (χ0v) is 11.1. The summed E-state index contributed by atoms with van der Waals surface area (Å²) in [6, 6.07) is 5.34. The van der Waals surface area contributed by atoms with E-state index in [0.717, 1.165) is 19.1 Å². The molecule has 1 aliphatic heterocycles. The van der Waals surface area contributed by atoms with Crippen molar-refractivity contribution in [1.29, 1.82) is 0 Å². The number of amides is 1. The van der Waals surface area contributed by atoms with E-state index in [4.69, 9.17) is 0 Å². The van der Waals surface area contributed by atoms with E-state index in [2.05, 4.69) is 15.3 Å². The molecule has 6 nitrogen and oxygen atoms in total. The largest absolute Gasteiger partial charge is 0.318 e. The Morgan fingerprint density at radius 2 is 2.00 bits per heavy atom. The molecule has 4 rings (SSSR count). The number of pyridine rings is 2. The van der Waals surface area contributed by atoms with Gasteiger partial charge in [-0.2, -0.15) is 0 Å². The van der Waals surface area contributed by atoms with E-state index in [-0.39, 0.29) is 11.9 Å². The first-order valence-electron chi connectivity index (χ1n) is 6.79. The second kappa shape index (κ2) is 4.37. The van der Waals surface area contributed by atoms with Gasteiger partial charge in [0.25, 0.3) is 5.91 Å². The summed E-state index contributed by atoms with van der Waals surface area (Å²) in [5.41, 5.74) is 1.38. The predicted octanol–water partition coefficient (Wildman–Crippen LogP) is 2.16. The van der Waals surface area contributed by atoms with Gasteiger partial charge in [-0.25, -0.2) is 9.97 Å². The van der Waals surface area contributed by atoms with Crippen molar-refractivity contribution in [2.45, 2.75) is 18.9 Å². The Hall–Kier alpha value is -2.76. The molecule has 21 heavy (non-hydrogen) atoms. The van der Waals surface area contributed by atoms with Crippen molar-refractivity contribution in [3.63, 3.8) is 0 Å². The van der Waals surface area contributed by atoms with Gasteiger partial charge < -0.3 is 10.2 Å². The van der Waals surface area contributed by atoms with E-state index in [1.807, 2.05) is 4.90 Å². The maximum Gasteiger partial charge on any atom is 0.259 e. The third-order valence-corrected chi connectivity index (χ3v) is 3.73.